The average Bonchev–Trinajstić information content (AvgIpc) is 2.75. The second kappa shape index (κ2) is 6.90. The van der Waals surface area contributed by atoms with Crippen molar-refractivity contribution in [1.82, 2.24) is 10.2 Å². The molecule has 1 N–H and O–H groups in total. The fraction of sp³-hybridized carbons (Fsp3) is 0.412. The van der Waals surface area contributed by atoms with Crippen LogP contribution in [0.5, 0.6) is 0 Å². The van der Waals surface area contributed by atoms with Gasteiger partial charge in [-0.25, -0.2) is 4.39 Å². The molecule has 128 valence electrons. The normalized spacial score (nSPS) is 14.8. The highest BCUT2D eigenvalue weighted by atomic mass is 19.1. The number of carbonyl (C=O) groups excluding carboxylic acids is 4. The van der Waals surface area contributed by atoms with Crippen molar-refractivity contribution in [3.63, 3.8) is 0 Å². The van der Waals surface area contributed by atoms with Crippen molar-refractivity contribution in [3.8, 4) is 0 Å². The highest BCUT2D eigenvalue weighted by Crippen LogP contribution is 2.30. The van der Waals surface area contributed by atoms with Gasteiger partial charge in [0.2, 0.25) is 12.3 Å². The molecular formula is C17H19FN2O4. The summed E-state index contributed by atoms with van der Waals surface area (Å²) >= 11 is 0. The molecule has 0 aliphatic carbocycles. The number of imide groups is 2. The summed E-state index contributed by atoms with van der Waals surface area (Å²) in [5.74, 6) is -2.16. The number of amides is 4. The predicted molar refractivity (Wildman–Crippen MR) is 83.9 cm³/mol. The van der Waals surface area contributed by atoms with Crippen molar-refractivity contribution < 1.29 is 23.6 Å². The molecular weight excluding hydrogens is 315 g/mol. The average molecular weight is 334 g/mol. The summed E-state index contributed by atoms with van der Waals surface area (Å²) in [6, 6.07) is 2.00. The summed E-state index contributed by atoms with van der Waals surface area (Å²) in [7, 11) is 0. The van der Waals surface area contributed by atoms with E-state index >= 15 is 0 Å². The molecule has 0 bridgehead atoms. The Bertz CT molecular complexity index is 715. The third-order valence-electron chi connectivity index (χ3n) is 4.11. The van der Waals surface area contributed by atoms with Gasteiger partial charge in [0.25, 0.3) is 11.8 Å². The van der Waals surface area contributed by atoms with E-state index in [9.17, 15) is 23.6 Å². The van der Waals surface area contributed by atoms with Crippen LogP contribution in [0.2, 0.25) is 0 Å². The van der Waals surface area contributed by atoms with Crippen LogP contribution in [0.1, 0.15) is 65.8 Å². The maximum absolute atomic E-state index is 14.1. The van der Waals surface area contributed by atoms with Crippen LogP contribution in [0.15, 0.2) is 12.1 Å². The fourth-order valence-corrected chi connectivity index (χ4v) is 2.75. The SMILES string of the molecule is CC(C)c1cc2c(cc1F)C(=O)N(C(C)CCC(=O)NC=O)C2=O. The van der Waals surface area contributed by atoms with Crippen LogP contribution in [0, 0.1) is 5.82 Å². The first kappa shape index (κ1) is 17.8. The van der Waals surface area contributed by atoms with Crippen LogP contribution >= 0.6 is 0 Å². The molecule has 1 aliphatic heterocycles. The highest BCUT2D eigenvalue weighted by Gasteiger charge is 2.39. The monoisotopic (exact) mass is 334 g/mol. The number of carbonyl (C=O) groups is 4. The Morgan fingerprint density at radius 1 is 1.21 bits per heavy atom. The number of nitrogens with zero attached hydrogens (tertiary/aromatic N) is 1. The highest BCUT2D eigenvalue weighted by molar-refractivity contribution is 6.21. The van der Waals surface area contributed by atoms with Crippen LogP contribution < -0.4 is 5.32 Å². The number of halogens is 1. The summed E-state index contributed by atoms with van der Waals surface area (Å²) in [5.41, 5.74) is 0.621. The number of hydrogen-bond acceptors (Lipinski definition) is 4. The van der Waals surface area contributed by atoms with Gasteiger partial charge in [-0.05, 0) is 37.0 Å². The van der Waals surface area contributed by atoms with Crippen LogP contribution in [0.25, 0.3) is 0 Å². The van der Waals surface area contributed by atoms with Gasteiger partial charge in [-0.15, -0.1) is 0 Å². The molecule has 6 nitrogen and oxygen atoms in total. The van der Waals surface area contributed by atoms with E-state index in [-0.39, 0.29) is 36.3 Å². The Balaban J connectivity index is 2.23. The van der Waals surface area contributed by atoms with Gasteiger partial charge in [0.1, 0.15) is 5.82 Å². The van der Waals surface area contributed by atoms with E-state index in [1.54, 1.807) is 20.8 Å². The zero-order chi connectivity index (χ0) is 18.0. The summed E-state index contributed by atoms with van der Waals surface area (Å²) in [4.78, 5) is 47.5. The summed E-state index contributed by atoms with van der Waals surface area (Å²) < 4.78 is 14.1. The number of nitrogens with one attached hydrogen (secondary N) is 1. The van der Waals surface area contributed by atoms with Gasteiger partial charge in [0.05, 0.1) is 11.1 Å². The first-order valence-electron chi connectivity index (χ1n) is 7.72. The van der Waals surface area contributed by atoms with Crippen molar-refractivity contribution in [3.05, 3.63) is 34.6 Å². The summed E-state index contributed by atoms with van der Waals surface area (Å²) in [6.45, 7) is 5.24. The minimum absolute atomic E-state index is 0.00107. The lowest BCUT2D eigenvalue weighted by molar-refractivity contribution is -0.125. The van der Waals surface area contributed by atoms with Crippen LogP contribution in [0.3, 0.4) is 0 Å². The Kier molecular flexibility index (Phi) is 5.11. The van der Waals surface area contributed by atoms with Gasteiger partial charge in [0.15, 0.2) is 0 Å². The molecule has 0 spiro atoms. The quantitative estimate of drug-likeness (QED) is 0.637. The second-order valence-corrected chi connectivity index (χ2v) is 6.13. The lowest BCUT2D eigenvalue weighted by Crippen LogP contribution is -2.38. The van der Waals surface area contributed by atoms with Crippen LogP contribution in [0.4, 0.5) is 4.39 Å². The molecule has 2 rings (SSSR count). The number of rotatable bonds is 6. The minimum Gasteiger partial charge on any atom is -0.299 e. The molecule has 4 amide bonds. The Labute approximate surface area is 139 Å². The molecule has 0 fully saturated rings. The molecule has 7 heteroatoms. The van der Waals surface area contributed by atoms with Gasteiger partial charge in [-0.3, -0.25) is 29.4 Å². The van der Waals surface area contributed by atoms with E-state index in [2.05, 4.69) is 0 Å². The number of benzene rings is 1. The van der Waals surface area contributed by atoms with Crippen molar-refractivity contribution in [2.24, 2.45) is 0 Å². The van der Waals surface area contributed by atoms with E-state index in [4.69, 9.17) is 0 Å². The van der Waals surface area contributed by atoms with E-state index in [1.807, 2.05) is 5.32 Å². The first-order chi connectivity index (χ1) is 11.3. The molecule has 0 saturated heterocycles. The smallest absolute Gasteiger partial charge is 0.261 e. The lowest BCUT2D eigenvalue weighted by Gasteiger charge is -2.22. The van der Waals surface area contributed by atoms with Crippen LogP contribution in [-0.4, -0.2) is 35.1 Å². The Morgan fingerprint density at radius 2 is 1.79 bits per heavy atom. The lowest BCUT2D eigenvalue weighted by atomic mass is 9.97. The molecule has 0 aromatic heterocycles. The van der Waals surface area contributed by atoms with Gasteiger partial charge in [-0.2, -0.15) is 0 Å². The van der Waals surface area contributed by atoms with E-state index < -0.39 is 29.6 Å². The molecule has 1 aromatic rings. The largest absolute Gasteiger partial charge is 0.299 e. The zero-order valence-corrected chi connectivity index (χ0v) is 13.8. The zero-order valence-electron chi connectivity index (χ0n) is 13.8. The number of fused-ring (bicyclic) bond motifs is 1. The van der Waals surface area contributed by atoms with Crippen molar-refractivity contribution in [2.75, 3.05) is 0 Å². The van der Waals surface area contributed by atoms with Crippen molar-refractivity contribution in [1.29, 1.82) is 0 Å². The topological polar surface area (TPSA) is 83.6 Å². The Hall–Kier alpha value is -2.57. The number of hydrogen-bond donors (Lipinski definition) is 1. The molecule has 0 saturated carbocycles. The maximum atomic E-state index is 14.1. The standard InChI is InChI=1S/C17H19FN2O4/c1-9(2)11-6-12-13(7-14(11)18)17(24)20(16(12)23)10(3)4-5-15(22)19-8-21/h6-10H,4-5H2,1-3H3,(H,19,21,22). The molecule has 1 unspecified atom stereocenters. The van der Waals surface area contributed by atoms with Gasteiger partial charge in [-0.1, -0.05) is 13.8 Å². The molecule has 24 heavy (non-hydrogen) atoms. The summed E-state index contributed by atoms with van der Waals surface area (Å²) in [6.07, 6.45) is 0.495. The van der Waals surface area contributed by atoms with Gasteiger partial charge < -0.3 is 0 Å². The first-order valence-corrected chi connectivity index (χ1v) is 7.72. The molecule has 1 aromatic carbocycles. The van der Waals surface area contributed by atoms with Gasteiger partial charge >= 0.3 is 0 Å². The van der Waals surface area contributed by atoms with Crippen molar-refractivity contribution >= 4 is 24.1 Å². The van der Waals surface area contributed by atoms with Gasteiger partial charge in [0, 0.05) is 12.5 Å². The van der Waals surface area contributed by atoms with Crippen molar-refractivity contribution in [2.45, 2.75) is 45.6 Å². The third kappa shape index (κ3) is 3.20. The fourth-order valence-electron chi connectivity index (χ4n) is 2.75. The molecule has 1 heterocycles. The summed E-state index contributed by atoms with van der Waals surface area (Å²) in [5, 5.41) is 2.00. The second-order valence-electron chi connectivity index (χ2n) is 6.13. The van der Waals surface area contributed by atoms with E-state index in [0.29, 0.717) is 5.56 Å². The predicted octanol–water partition coefficient (Wildman–Crippen LogP) is 1.99. The molecule has 0 radical (unpaired) electrons. The molecule has 1 atom stereocenters. The third-order valence-corrected chi connectivity index (χ3v) is 4.11. The minimum atomic E-state index is -0.562. The Morgan fingerprint density at radius 3 is 2.33 bits per heavy atom. The van der Waals surface area contributed by atoms with E-state index in [0.717, 1.165) is 11.0 Å². The molecule has 1 aliphatic rings. The van der Waals surface area contributed by atoms with Crippen LogP contribution in [-0.2, 0) is 9.59 Å². The maximum Gasteiger partial charge on any atom is 0.261 e. The van der Waals surface area contributed by atoms with E-state index in [1.165, 1.54) is 6.07 Å².